The number of esters is 3. The average molecular weight is 715 g/mol. The van der Waals surface area contributed by atoms with E-state index in [9.17, 15) is 19.2 Å². The molecule has 9 atom stereocenters. The van der Waals surface area contributed by atoms with Gasteiger partial charge >= 0.3 is 17.9 Å². The van der Waals surface area contributed by atoms with E-state index in [0.29, 0.717) is 23.0 Å². The minimum Gasteiger partial charge on any atom is -0.467 e. The lowest BCUT2D eigenvalue weighted by Crippen LogP contribution is -2.47. The summed E-state index contributed by atoms with van der Waals surface area (Å²) < 4.78 is 17.4. The van der Waals surface area contributed by atoms with Crippen LogP contribution in [0.25, 0.3) is 0 Å². The second kappa shape index (κ2) is 16.0. The number of nitrogens with zero attached hydrogens (tertiary/aromatic N) is 2. The number of hydrogen-bond donors (Lipinski definition) is 0. The molecule has 2 amide bonds. The van der Waals surface area contributed by atoms with Gasteiger partial charge in [0.05, 0.1) is 31.0 Å². The Bertz CT molecular complexity index is 1620. The highest BCUT2D eigenvalue weighted by atomic mass is 16.6. The third-order valence-corrected chi connectivity index (χ3v) is 11.0. The first-order valence-corrected chi connectivity index (χ1v) is 18.5. The van der Waals surface area contributed by atoms with Crippen LogP contribution in [0, 0.1) is 29.6 Å². The molecule has 52 heavy (non-hydrogen) atoms. The van der Waals surface area contributed by atoms with Gasteiger partial charge in [0.25, 0.3) is 0 Å². The lowest BCUT2D eigenvalue weighted by atomic mass is 9.75. The van der Waals surface area contributed by atoms with Gasteiger partial charge < -0.3 is 24.0 Å². The lowest BCUT2D eigenvalue weighted by Gasteiger charge is -2.38. The van der Waals surface area contributed by atoms with Crippen molar-refractivity contribution >= 4 is 29.7 Å². The minimum absolute atomic E-state index is 0.00104. The molecule has 0 bridgehead atoms. The second-order valence-corrected chi connectivity index (χ2v) is 16.0. The van der Waals surface area contributed by atoms with E-state index in [1.165, 1.54) is 16.9 Å². The molecule has 10 nitrogen and oxygen atoms in total. The Hall–Kier alpha value is -4.47. The molecular formula is C42H54N2O8. The largest absolute Gasteiger partial charge is 0.467 e. The predicted molar refractivity (Wildman–Crippen MR) is 195 cm³/mol. The summed E-state index contributed by atoms with van der Waals surface area (Å²) in [5.41, 5.74) is 0.444. The van der Waals surface area contributed by atoms with Gasteiger partial charge in [0, 0.05) is 0 Å². The summed E-state index contributed by atoms with van der Waals surface area (Å²) in [6.07, 6.45) is 3.56. The minimum atomic E-state index is -1.12. The van der Waals surface area contributed by atoms with Crippen molar-refractivity contribution < 1.29 is 38.2 Å². The zero-order valence-electron chi connectivity index (χ0n) is 31.5. The molecule has 3 fully saturated rings. The fraction of sp³-hybridized carbons (Fsp3) is 0.548. The van der Waals surface area contributed by atoms with Crippen molar-refractivity contribution in [3.63, 3.8) is 0 Å². The number of carbonyl (C=O) groups is 5. The zero-order valence-corrected chi connectivity index (χ0v) is 31.5. The van der Waals surface area contributed by atoms with Gasteiger partial charge in [-0.1, -0.05) is 94.4 Å². The monoisotopic (exact) mass is 714 g/mol. The maximum Gasteiger partial charge on any atom is 0.329 e. The fourth-order valence-corrected chi connectivity index (χ4v) is 8.58. The predicted octanol–water partition coefficient (Wildman–Crippen LogP) is 6.61. The molecule has 1 aliphatic carbocycles. The highest BCUT2D eigenvalue weighted by Gasteiger charge is 2.58. The number of hydrogen-bond acceptors (Lipinski definition) is 8. The summed E-state index contributed by atoms with van der Waals surface area (Å²) in [6, 6.07) is 14.2. The number of likely N-dealkylation sites (tertiary alicyclic amines) is 2. The molecule has 2 aliphatic heterocycles. The summed E-state index contributed by atoms with van der Waals surface area (Å²) >= 11 is 0. The Kier molecular flexibility index (Phi) is 12.0. The van der Waals surface area contributed by atoms with Gasteiger partial charge in [0.2, 0.25) is 11.8 Å². The molecule has 5 rings (SSSR count). The fourth-order valence-electron chi connectivity index (χ4n) is 8.58. The van der Waals surface area contributed by atoms with Crippen molar-refractivity contribution in [1.29, 1.82) is 0 Å². The molecule has 0 spiro atoms. The first-order valence-electron chi connectivity index (χ1n) is 18.5. The number of methoxy groups -OCH3 is 1. The lowest BCUT2D eigenvalue weighted by molar-refractivity contribution is -0.163. The molecule has 0 N–H and O–H groups in total. The third kappa shape index (κ3) is 8.11. The average Bonchev–Trinajstić information content (AvgIpc) is 3.71. The van der Waals surface area contributed by atoms with Crippen molar-refractivity contribution in [3.05, 3.63) is 84.4 Å². The molecule has 2 saturated heterocycles. The van der Waals surface area contributed by atoms with Gasteiger partial charge in [-0.05, 0) is 81.4 Å². The van der Waals surface area contributed by atoms with Crippen LogP contribution in [0.1, 0.15) is 96.9 Å². The zero-order chi connectivity index (χ0) is 37.9. The molecule has 280 valence electrons. The Balaban J connectivity index is 1.60. The van der Waals surface area contributed by atoms with Crippen LogP contribution < -0.4 is 0 Å². The highest BCUT2D eigenvalue weighted by molar-refractivity contribution is 5.95. The van der Waals surface area contributed by atoms with Crippen LogP contribution >= 0.6 is 0 Å². The van der Waals surface area contributed by atoms with E-state index < -0.39 is 71.3 Å². The highest BCUT2D eigenvalue weighted by Crippen LogP contribution is 2.49. The second-order valence-electron chi connectivity index (χ2n) is 16.0. The van der Waals surface area contributed by atoms with E-state index in [-0.39, 0.29) is 24.9 Å². The van der Waals surface area contributed by atoms with E-state index in [0.717, 1.165) is 25.3 Å². The normalized spacial score (nSPS) is 29.0. The molecule has 0 radical (unpaired) electrons. The summed E-state index contributed by atoms with van der Waals surface area (Å²) in [4.78, 5) is 73.7. The van der Waals surface area contributed by atoms with Crippen LogP contribution in [0.4, 0.5) is 0 Å². The van der Waals surface area contributed by atoms with E-state index in [1.54, 1.807) is 45.0 Å². The van der Waals surface area contributed by atoms with Crippen LogP contribution in [-0.2, 0) is 38.2 Å². The van der Waals surface area contributed by atoms with Crippen LogP contribution in [0.5, 0.6) is 0 Å². The van der Waals surface area contributed by atoms with Gasteiger partial charge in [0.15, 0.2) is 0 Å². The first kappa shape index (κ1) is 38.8. The molecule has 0 unspecified atom stereocenters. The number of carbonyl (C=O) groups excluding carboxylic acids is 5. The van der Waals surface area contributed by atoms with E-state index in [4.69, 9.17) is 14.2 Å². The van der Waals surface area contributed by atoms with Crippen molar-refractivity contribution in [3.8, 4) is 0 Å². The molecular weight excluding hydrogens is 660 g/mol. The van der Waals surface area contributed by atoms with Crippen LogP contribution in [0.15, 0.2) is 73.3 Å². The third-order valence-electron chi connectivity index (χ3n) is 11.0. The van der Waals surface area contributed by atoms with Crippen molar-refractivity contribution in [1.82, 2.24) is 9.80 Å². The van der Waals surface area contributed by atoms with Gasteiger partial charge in [-0.2, -0.15) is 0 Å². The van der Waals surface area contributed by atoms with Crippen molar-refractivity contribution in [2.45, 2.75) is 110 Å². The molecule has 2 aromatic rings. The Labute approximate surface area is 307 Å². The Morgan fingerprint density at radius 1 is 0.769 bits per heavy atom. The molecule has 0 aromatic heterocycles. The SMILES string of the molecule is C=CC(=O)N1[C@@H](C(=O)OC(C)(C)C)C[C@@H](C(=O)N2[C@H](C(=O)OC)C[C@H](C(=O)O[C@@H]3C[C@H](C)CC[C@H]3C(C)C)[C@@H]2c2ccccc2)[C@H]1c1ccccc1. The maximum absolute atomic E-state index is 15.3. The molecule has 1 saturated carbocycles. The maximum atomic E-state index is 15.3. The topological polar surface area (TPSA) is 120 Å². The van der Waals surface area contributed by atoms with E-state index in [2.05, 4.69) is 27.4 Å². The van der Waals surface area contributed by atoms with Gasteiger partial charge in [-0.15, -0.1) is 0 Å². The van der Waals surface area contributed by atoms with Gasteiger partial charge in [0.1, 0.15) is 23.8 Å². The molecule has 3 aliphatic rings. The Morgan fingerprint density at radius 2 is 1.31 bits per heavy atom. The quantitative estimate of drug-likeness (QED) is 0.162. The van der Waals surface area contributed by atoms with Crippen molar-refractivity contribution in [2.75, 3.05) is 7.11 Å². The van der Waals surface area contributed by atoms with Crippen LogP contribution in [-0.4, -0.2) is 70.4 Å². The van der Waals surface area contributed by atoms with Crippen LogP contribution in [0.2, 0.25) is 0 Å². The summed E-state index contributed by atoms with van der Waals surface area (Å²) in [7, 11) is 1.26. The number of rotatable bonds is 9. The van der Waals surface area contributed by atoms with E-state index >= 15 is 4.79 Å². The summed E-state index contributed by atoms with van der Waals surface area (Å²) in [5, 5.41) is 0. The Morgan fingerprint density at radius 3 is 1.83 bits per heavy atom. The number of ether oxygens (including phenoxy) is 3. The molecule has 2 heterocycles. The molecule has 2 aromatic carbocycles. The smallest absolute Gasteiger partial charge is 0.329 e. The number of benzene rings is 2. The standard InChI is InChI=1S/C42H54N2O8/c1-9-35(45)43-33(41(49)52-42(5,6)7)23-30(36(43)27-16-12-10-13-17-27)38(46)44-32(40(48)50-8)24-31(37(44)28-18-14-11-15-19-28)39(47)51-34-22-26(4)20-21-29(34)25(2)3/h9-19,25-26,29-34,36-37H,1,20-24H2,2-8H3/t26-,29+,30-,31+,32+,33-,34-,36-,37+/m1/s1. The van der Waals surface area contributed by atoms with Crippen molar-refractivity contribution in [2.24, 2.45) is 29.6 Å². The summed E-state index contributed by atoms with van der Waals surface area (Å²) in [5.74, 6) is -3.71. The van der Waals surface area contributed by atoms with E-state index in [1.807, 2.05) is 36.4 Å². The van der Waals surface area contributed by atoms with Gasteiger partial charge in [-0.25, -0.2) is 9.59 Å². The first-order chi connectivity index (χ1) is 24.7. The summed E-state index contributed by atoms with van der Waals surface area (Å²) in [6.45, 7) is 15.4. The van der Waals surface area contributed by atoms with Gasteiger partial charge in [-0.3, -0.25) is 14.4 Å². The van der Waals surface area contributed by atoms with Crippen LogP contribution in [0.3, 0.4) is 0 Å². The molecule has 10 heteroatoms. The number of amides is 2.